The molecule has 3 aliphatic heterocycles. The highest BCUT2D eigenvalue weighted by Gasteiger charge is 2.51. The van der Waals surface area contributed by atoms with Crippen LogP contribution in [0.4, 0.5) is 0 Å². The number of benzene rings is 2. The zero-order valence-electron chi connectivity index (χ0n) is 19.2. The lowest BCUT2D eigenvalue weighted by molar-refractivity contribution is -0.184. The predicted octanol–water partition coefficient (Wildman–Crippen LogP) is 4.58. The number of hydrogen-bond donors (Lipinski definition) is 1. The minimum Gasteiger partial charge on any atom is -0.487 e. The first-order valence-electron chi connectivity index (χ1n) is 11.6. The lowest BCUT2D eigenvalue weighted by Gasteiger charge is -2.53. The van der Waals surface area contributed by atoms with Gasteiger partial charge >= 0.3 is 5.97 Å². The molecule has 0 unspecified atom stereocenters. The van der Waals surface area contributed by atoms with Gasteiger partial charge in [0.25, 0.3) is 5.91 Å². The van der Waals surface area contributed by atoms with E-state index < -0.39 is 18.2 Å². The Morgan fingerprint density at radius 2 is 1.97 bits per heavy atom. The van der Waals surface area contributed by atoms with Gasteiger partial charge in [-0.05, 0) is 69.2 Å². The van der Waals surface area contributed by atoms with E-state index in [0.717, 1.165) is 24.2 Å². The maximum Gasteiger partial charge on any atom is 0.341 e. The fraction of sp³-hybridized carbons (Fsp3) is 0.462. The standard InChI is InChI=1S/C26H28ClNO6/c1-26(2)20-11-16-13-28(25(31)15-3-6-18(7-4-15)32-14-23(29)30)10-9-21(16)33-24(20)19-12-17(27)5-8-22(19)34-26/h3-8,12,16,20-21,24H,9-11,13-14H2,1-2H3,(H,29,30)/t16-,20-,21-,24+/m1/s1. The van der Waals surface area contributed by atoms with Crippen LogP contribution in [0.15, 0.2) is 42.5 Å². The molecule has 0 bridgehead atoms. The summed E-state index contributed by atoms with van der Waals surface area (Å²) in [5.74, 6) is 0.544. The van der Waals surface area contributed by atoms with E-state index in [9.17, 15) is 9.59 Å². The number of hydrogen-bond acceptors (Lipinski definition) is 5. The number of amides is 1. The van der Waals surface area contributed by atoms with E-state index in [1.807, 2.05) is 23.1 Å². The van der Waals surface area contributed by atoms with Crippen molar-refractivity contribution >= 4 is 23.5 Å². The van der Waals surface area contributed by atoms with Crippen LogP contribution in [0.1, 0.15) is 48.7 Å². The van der Waals surface area contributed by atoms with Crippen molar-refractivity contribution in [1.82, 2.24) is 4.90 Å². The van der Waals surface area contributed by atoms with Crippen LogP contribution >= 0.6 is 11.6 Å². The zero-order valence-corrected chi connectivity index (χ0v) is 20.0. The highest BCUT2D eigenvalue weighted by atomic mass is 35.5. The Balaban J connectivity index is 1.29. The zero-order chi connectivity index (χ0) is 24.0. The van der Waals surface area contributed by atoms with Crippen molar-refractivity contribution < 1.29 is 28.9 Å². The van der Waals surface area contributed by atoms with E-state index in [-0.39, 0.29) is 30.0 Å². The number of carbonyl (C=O) groups is 2. The molecule has 1 N–H and O–H groups in total. The normalized spacial score (nSPS) is 27.0. The number of rotatable bonds is 4. The fourth-order valence-electron chi connectivity index (χ4n) is 5.49. The van der Waals surface area contributed by atoms with Crippen LogP contribution in [-0.4, -0.2) is 53.3 Å². The first-order chi connectivity index (χ1) is 16.2. The molecule has 2 fully saturated rings. The number of aliphatic carboxylic acids is 1. The molecule has 180 valence electrons. The summed E-state index contributed by atoms with van der Waals surface area (Å²) < 4.78 is 18.2. The smallest absolute Gasteiger partial charge is 0.341 e. The van der Waals surface area contributed by atoms with E-state index in [4.69, 9.17) is 30.9 Å². The summed E-state index contributed by atoms with van der Waals surface area (Å²) in [7, 11) is 0. The molecule has 1 amide bonds. The largest absolute Gasteiger partial charge is 0.487 e. The van der Waals surface area contributed by atoms with Crippen LogP contribution in [0.2, 0.25) is 5.02 Å². The summed E-state index contributed by atoms with van der Waals surface area (Å²) in [5.41, 5.74) is 1.17. The highest BCUT2D eigenvalue weighted by Crippen LogP contribution is 2.53. The number of nitrogens with zero attached hydrogens (tertiary/aromatic N) is 1. The molecule has 8 heteroatoms. The van der Waals surface area contributed by atoms with Crippen molar-refractivity contribution in [2.75, 3.05) is 19.7 Å². The number of halogens is 1. The van der Waals surface area contributed by atoms with Gasteiger partial charge in [-0.3, -0.25) is 4.79 Å². The number of carboxylic acid groups (broad SMARTS) is 1. The topological polar surface area (TPSA) is 85.3 Å². The van der Waals surface area contributed by atoms with E-state index >= 15 is 0 Å². The Morgan fingerprint density at radius 1 is 1.21 bits per heavy atom. The van der Waals surface area contributed by atoms with Crippen molar-refractivity contribution in [2.45, 2.75) is 44.5 Å². The highest BCUT2D eigenvalue weighted by molar-refractivity contribution is 6.30. The molecule has 7 nitrogen and oxygen atoms in total. The number of likely N-dealkylation sites (tertiary alicyclic amines) is 1. The maximum atomic E-state index is 13.2. The SMILES string of the molecule is CC1(C)Oc2ccc(Cl)cc2[C@@H]2O[C@@H]3CCN(C(=O)c4ccc(OCC(=O)O)cc4)C[C@H]3C[C@H]21. The van der Waals surface area contributed by atoms with Crippen LogP contribution in [0.25, 0.3) is 0 Å². The van der Waals surface area contributed by atoms with Gasteiger partial charge in [0, 0.05) is 41.1 Å². The van der Waals surface area contributed by atoms with Gasteiger partial charge in [-0.2, -0.15) is 0 Å². The van der Waals surface area contributed by atoms with Gasteiger partial charge in [0.1, 0.15) is 17.1 Å². The van der Waals surface area contributed by atoms with Gasteiger partial charge in [0.15, 0.2) is 6.61 Å². The third-order valence-electron chi connectivity index (χ3n) is 7.20. The lowest BCUT2D eigenvalue weighted by atomic mass is 9.70. The van der Waals surface area contributed by atoms with Gasteiger partial charge in [0.05, 0.1) is 12.2 Å². The minimum absolute atomic E-state index is 0.0401. The van der Waals surface area contributed by atoms with E-state index in [1.165, 1.54) is 0 Å². The van der Waals surface area contributed by atoms with Gasteiger partial charge < -0.3 is 24.2 Å². The van der Waals surface area contributed by atoms with Gasteiger partial charge in [-0.25, -0.2) is 4.79 Å². The van der Waals surface area contributed by atoms with Crippen molar-refractivity contribution in [1.29, 1.82) is 0 Å². The third kappa shape index (κ3) is 4.34. The average Bonchev–Trinajstić information content (AvgIpc) is 2.82. The Hall–Kier alpha value is -2.77. The average molecular weight is 486 g/mol. The second kappa shape index (κ2) is 8.78. The van der Waals surface area contributed by atoms with Crippen LogP contribution in [0.3, 0.4) is 0 Å². The third-order valence-corrected chi connectivity index (χ3v) is 7.44. The molecule has 4 atom stereocenters. The molecule has 2 saturated heterocycles. The Kier molecular flexibility index (Phi) is 5.94. The number of carbonyl (C=O) groups excluding carboxylic acids is 1. The number of piperidine rings is 1. The summed E-state index contributed by atoms with van der Waals surface area (Å²) in [6.07, 6.45) is 1.69. The molecule has 0 saturated carbocycles. The molecule has 3 heterocycles. The molecule has 34 heavy (non-hydrogen) atoms. The molecule has 0 radical (unpaired) electrons. The van der Waals surface area contributed by atoms with Gasteiger partial charge in [-0.1, -0.05) is 11.6 Å². The van der Waals surface area contributed by atoms with Crippen LogP contribution < -0.4 is 9.47 Å². The lowest BCUT2D eigenvalue weighted by Crippen LogP contribution is -2.56. The summed E-state index contributed by atoms with van der Waals surface area (Å²) >= 11 is 6.28. The van der Waals surface area contributed by atoms with E-state index in [0.29, 0.717) is 29.4 Å². The van der Waals surface area contributed by atoms with Crippen LogP contribution in [0.5, 0.6) is 11.5 Å². The minimum atomic E-state index is -1.04. The maximum absolute atomic E-state index is 13.2. The molecule has 0 spiro atoms. The molecular weight excluding hydrogens is 458 g/mol. The molecule has 2 aromatic carbocycles. The summed E-state index contributed by atoms with van der Waals surface area (Å²) in [5, 5.41) is 9.41. The number of carboxylic acids is 1. The van der Waals surface area contributed by atoms with E-state index in [1.54, 1.807) is 24.3 Å². The number of ether oxygens (including phenoxy) is 3. The van der Waals surface area contributed by atoms with Gasteiger partial charge in [0.2, 0.25) is 0 Å². The second-order valence-corrected chi connectivity index (χ2v) is 10.3. The van der Waals surface area contributed by atoms with Crippen molar-refractivity contribution in [3.8, 4) is 11.5 Å². The Labute approximate surface area is 203 Å². The second-order valence-electron chi connectivity index (χ2n) is 9.83. The molecule has 0 aliphatic carbocycles. The molecule has 5 rings (SSSR count). The Morgan fingerprint density at radius 3 is 2.71 bits per heavy atom. The number of fused-ring (bicyclic) bond motifs is 4. The first-order valence-corrected chi connectivity index (χ1v) is 12.0. The summed E-state index contributed by atoms with van der Waals surface area (Å²) in [6.45, 7) is 5.04. The Bertz CT molecular complexity index is 1100. The molecule has 2 aromatic rings. The van der Waals surface area contributed by atoms with Crippen molar-refractivity contribution in [2.24, 2.45) is 11.8 Å². The van der Waals surface area contributed by atoms with Gasteiger partial charge in [-0.15, -0.1) is 0 Å². The van der Waals surface area contributed by atoms with E-state index in [2.05, 4.69) is 13.8 Å². The summed E-state index contributed by atoms with van der Waals surface area (Å²) in [4.78, 5) is 25.7. The monoisotopic (exact) mass is 485 g/mol. The van der Waals surface area contributed by atoms with Crippen molar-refractivity contribution in [3.05, 3.63) is 58.6 Å². The quantitative estimate of drug-likeness (QED) is 0.682. The fourth-order valence-corrected chi connectivity index (χ4v) is 5.67. The first kappa shape index (κ1) is 23.0. The van der Waals surface area contributed by atoms with Crippen LogP contribution in [0, 0.1) is 11.8 Å². The predicted molar refractivity (Wildman–Crippen MR) is 125 cm³/mol. The molecular formula is C26H28ClNO6. The van der Waals surface area contributed by atoms with Crippen LogP contribution in [-0.2, 0) is 9.53 Å². The molecule has 0 aromatic heterocycles. The summed E-state index contributed by atoms with van der Waals surface area (Å²) in [6, 6.07) is 12.3. The van der Waals surface area contributed by atoms with Crippen molar-refractivity contribution in [3.63, 3.8) is 0 Å². The molecule has 3 aliphatic rings.